The van der Waals surface area contributed by atoms with Crippen LogP contribution in [0.1, 0.15) is 18.1 Å². The van der Waals surface area contributed by atoms with Gasteiger partial charge in [-0.3, -0.25) is 4.79 Å². The Balaban J connectivity index is 3.32. The van der Waals surface area contributed by atoms with Crippen LogP contribution in [0, 0.1) is 6.92 Å². The number of methoxy groups -OCH3 is 1. The van der Waals surface area contributed by atoms with Crippen LogP contribution in [0.2, 0.25) is 5.02 Å². The smallest absolute Gasteiger partial charge is 0.179 e. The van der Waals surface area contributed by atoms with Crippen molar-refractivity contribution >= 4 is 17.4 Å². The molecule has 1 aromatic carbocycles. The summed E-state index contributed by atoms with van der Waals surface area (Å²) < 4.78 is 4.96. The number of halogens is 1. The fraction of sp³-hybridized carbons (Fsp3) is 0.364. The van der Waals surface area contributed by atoms with E-state index in [9.17, 15) is 9.90 Å². The number of hydrogen-bond donors (Lipinski definition) is 1. The minimum absolute atomic E-state index is 0.00713. The van der Waals surface area contributed by atoms with E-state index in [2.05, 4.69) is 0 Å². The van der Waals surface area contributed by atoms with Crippen LogP contribution < -0.4 is 4.74 Å². The van der Waals surface area contributed by atoms with Crippen molar-refractivity contribution in [2.24, 2.45) is 0 Å². The summed E-state index contributed by atoms with van der Waals surface area (Å²) in [6.07, 6.45) is 0.251. The van der Waals surface area contributed by atoms with E-state index < -0.39 is 0 Å². The predicted octanol–water partition coefficient (Wildman–Crippen LogP) is 2.49. The van der Waals surface area contributed by atoms with Gasteiger partial charge in [0.2, 0.25) is 0 Å². The van der Waals surface area contributed by atoms with Crippen LogP contribution in [0.4, 0.5) is 0 Å². The zero-order chi connectivity index (χ0) is 11.6. The maximum atomic E-state index is 11.0. The van der Waals surface area contributed by atoms with Crippen molar-refractivity contribution in [1.82, 2.24) is 0 Å². The zero-order valence-corrected chi connectivity index (χ0v) is 9.68. The molecule has 1 aromatic rings. The van der Waals surface area contributed by atoms with Crippen LogP contribution in [-0.2, 0) is 11.2 Å². The van der Waals surface area contributed by atoms with E-state index in [4.69, 9.17) is 16.3 Å². The van der Waals surface area contributed by atoms with Crippen molar-refractivity contribution in [3.8, 4) is 11.5 Å². The molecule has 0 bridgehead atoms. The Morgan fingerprint density at radius 2 is 2.20 bits per heavy atom. The molecule has 0 aliphatic heterocycles. The van der Waals surface area contributed by atoms with E-state index in [1.165, 1.54) is 14.0 Å². The van der Waals surface area contributed by atoms with Gasteiger partial charge in [-0.25, -0.2) is 0 Å². The topological polar surface area (TPSA) is 46.5 Å². The van der Waals surface area contributed by atoms with E-state index in [0.29, 0.717) is 10.6 Å². The van der Waals surface area contributed by atoms with Crippen molar-refractivity contribution in [2.75, 3.05) is 7.11 Å². The van der Waals surface area contributed by atoms with Crippen LogP contribution in [0.15, 0.2) is 6.07 Å². The highest BCUT2D eigenvalue weighted by atomic mass is 35.5. The molecule has 0 radical (unpaired) electrons. The first kappa shape index (κ1) is 11.9. The number of ketones is 1. The molecular formula is C11H13ClO3. The number of carbonyl (C=O) groups is 1. The number of phenols is 1. The first-order chi connectivity index (χ1) is 6.97. The molecule has 0 amide bonds. The number of phenolic OH excluding ortho intramolecular Hbond substituents is 1. The third-order valence-electron chi connectivity index (χ3n) is 2.16. The third-order valence-corrected chi connectivity index (χ3v) is 2.56. The van der Waals surface area contributed by atoms with Gasteiger partial charge in [0.15, 0.2) is 11.5 Å². The molecular weight excluding hydrogens is 216 g/mol. The molecule has 0 saturated heterocycles. The van der Waals surface area contributed by atoms with Crippen LogP contribution in [0.3, 0.4) is 0 Å². The molecule has 1 N–H and O–H groups in total. The highest BCUT2D eigenvalue weighted by molar-refractivity contribution is 6.33. The SMILES string of the molecule is COc1c(O)cc(C)c(CC(C)=O)c1Cl. The summed E-state index contributed by atoms with van der Waals surface area (Å²) in [5, 5.41) is 9.85. The quantitative estimate of drug-likeness (QED) is 0.865. The fourth-order valence-electron chi connectivity index (χ4n) is 1.44. The van der Waals surface area contributed by atoms with Crippen molar-refractivity contribution in [1.29, 1.82) is 0 Å². The van der Waals surface area contributed by atoms with E-state index in [1.54, 1.807) is 13.0 Å². The van der Waals surface area contributed by atoms with Crippen LogP contribution >= 0.6 is 11.6 Å². The first-order valence-corrected chi connectivity index (χ1v) is 4.89. The first-order valence-electron chi connectivity index (χ1n) is 4.51. The molecule has 0 aromatic heterocycles. The Hall–Kier alpha value is -1.22. The van der Waals surface area contributed by atoms with Gasteiger partial charge in [0, 0.05) is 6.42 Å². The Morgan fingerprint density at radius 1 is 1.60 bits per heavy atom. The van der Waals surface area contributed by atoms with Gasteiger partial charge < -0.3 is 9.84 Å². The standard InChI is InChI=1S/C11H13ClO3/c1-6-4-9(14)11(15-3)10(12)8(6)5-7(2)13/h4,14H,5H2,1-3H3. The maximum Gasteiger partial charge on any atom is 0.179 e. The lowest BCUT2D eigenvalue weighted by atomic mass is 10.0. The highest BCUT2D eigenvalue weighted by Gasteiger charge is 2.15. The second-order valence-electron chi connectivity index (χ2n) is 3.42. The number of aromatic hydroxyl groups is 1. The van der Waals surface area contributed by atoms with Gasteiger partial charge in [-0.15, -0.1) is 0 Å². The number of hydrogen-bond acceptors (Lipinski definition) is 3. The molecule has 0 atom stereocenters. The second-order valence-corrected chi connectivity index (χ2v) is 3.80. The summed E-state index contributed by atoms with van der Waals surface area (Å²) in [7, 11) is 1.42. The minimum atomic E-state index is -0.00713. The second kappa shape index (κ2) is 4.53. The van der Waals surface area contributed by atoms with Gasteiger partial charge in [0.05, 0.1) is 12.1 Å². The monoisotopic (exact) mass is 228 g/mol. The van der Waals surface area contributed by atoms with Crippen LogP contribution in [0.5, 0.6) is 11.5 Å². The largest absolute Gasteiger partial charge is 0.504 e. The Bertz CT molecular complexity index is 399. The third kappa shape index (κ3) is 2.42. The van der Waals surface area contributed by atoms with Gasteiger partial charge >= 0.3 is 0 Å². The molecule has 4 heteroatoms. The molecule has 0 fully saturated rings. The average Bonchev–Trinajstić information content (AvgIpc) is 2.12. The van der Waals surface area contributed by atoms with Crippen LogP contribution in [0.25, 0.3) is 0 Å². The summed E-state index contributed by atoms with van der Waals surface area (Å²) >= 11 is 6.03. The lowest BCUT2D eigenvalue weighted by Gasteiger charge is -2.12. The van der Waals surface area contributed by atoms with E-state index in [1.807, 2.05) is 0 Å². The van der Waals surface area contributed by atoms with Gasteiger partial charge in [-0.1, -0.05) is 11.6 Å². The fourth-order valence-corrected chi connectivity index (χ4v) is 1.83. The van der Waals surface area contributed by atoms with Crippen molar-refractivity contribution in [3.05, 3.63) is 22.2 Å². The van der Waals surface area contributed by atoms with Gasteiger partial charge in [0.1, 0.15) is 5.78 Å². The molecule has 3 nitrogen and oxygen atoms in total. The Morgan fingerprint density at radius 3 is 2.67 bits per heavy atom. The summed E-state index contributed by atoms with van der Waals surface area (Å²) in [6, 6.07) is 1.54. The lowest BCUT2D eigenvalue weighted by Crippen LogP contribution is -2.01. The Kier molecular flexibility index (Phi) is 3.58. The number of benzene rings is 1. The maximum absolute atomic E-state index is 11.0. The summed E-state index contributed by atoms with van der Waals surface area (Å²) in [4.78, 5) is 11.0. The molecule has 0 saturated carbocycles. The molecule has 15 heavy (non-hydrogen) atoms. The minimum Gasteiger partial charge on any atom is -0.504 e. The average molecular weight is 229 g/mol. The number of aryl methyl sites for hydroxylation is 1. The van der Waals surface area contributed by atoms with E-state index in [0.717, 1.165) is 5.56 Å². The van der Waals surface area contributed by atoms with Crippen molar-refractivity contribution < 1.29 is 14.6 Å². The molecule has 0 unspecified atom stereocenters. The van der Waals surface area contributed by atoms with Crippen molar-refractivity contribution in [2.45, 2.75) is 20.3 Å². The summed E-state index contributed by atoms with van der Waals surface area (Å²) in [6.45, 7) is 3.29. The Labute approximate surface area is 93.6 Å². The summed E-state index contributed by atoms with van der Waals surface area (Å²) in [5.41, 5.74) is 1.49. The number of rotatable bonds is 3. The molecule has 82 valence electrons. The lowest BCUT2D eigenvalue weighted by molar-refractivity contribution is -0.116. The number of carbonyl (C=O) groups excluding carboxylic acids is 1. The zero-order valence-electron chi connectivity index (χ0n) is 8.93. The van der Waals surface area contributed by atoms with Gasteiger partial charge in [0.25, 0.3) is 0 Å². The highest BCUT2D eigenvalue weighted by Crippen LogP contribution is 2.38. The normalized spacial score (nSPS) is 10.1. The van der Waals surface area contributed by atoms with Gasteiger partial charge in [-0.05, 0) is 31.0 Å². The number of ether oxygens (including phenoxy) is 1. The molecule has 1 rings (SSSR count). The van der Waals surface area contributed by atoms with E-state index >= 15 is 0 Å². The molecule has 0 heterocycles. The van der Waals surface area contributed by atoms with Gasteiger partial charge in [-0.2, -0.15) is 0 Å². The summed E-state index contributed by atoms with van der Waals surface area (Å²) in [5.74, 6) is 0.235. The predicted molar refractivity (Wildman–Crippen MR) is 58.8 cm³/mol. The molecule has 0 aliphatic rings. The van der Waals surface area contributed by atoms with Crippen molar-refractivity contribution in [3.63, 3.8) is 0 Å². The molecule has 0 aliphatic carbocycles. The van der Waals surface area contributed by atoms with Crippen LogP contribution in [-0.4, -0.2) is 18.0 Å². The number of Topliss-reactive ketones (excluding diaryl/α,β-unsaturated/α-hetero) is 1. The van der Waals surface area contributed by atoms with E-state index in [-0.39, 0.29) is 23.7 Å². The molecule has 0 spiro atoms.